The molecule has 2 aromatic carbocycles. The molecule has 0 unspecified atom stereocenters. The molecule has 0 saturated carbocycles. The molecule has 0 spiro atoms. The largest absolute Gasteiger partial charge is 0.493 e. The molecule has 2 aromatic rings. The number of carbonyl (C=O) groups excluding carboxylic acids is 1. The Hall–Kier alpha value is -3.48. The molecule has 1 N–H and O–H groups in total. The van der Waals surface area contributed by atoms with Gasteiger partial charge in [-0.2, -0.15) is 0 Å². The smallest absolute Gasteiger partial charge is 0.306 e. The molecule has 0 aromatic heterocycles. The van der Waals surface area contributed by atoms with Crippen molar-refractivity contribution >= 4 is 23.5 Å². The molecule has 0 saturated heterocycles. The Kier molecular flexibility index (Phi) is 6.00. The van der Waals surface area contributed by atoms with Crippen molar-refractivity contribution in [2.24, 2.45) is 0 Å². The van der Waals surface area contributed by atoms with Gasteiger partial charge in [-0.15, -0.1) is 0 Å². The van der Waals surface area contributed by atoms with Crippen molar-refractivity contribution in [3.8, 4) is 5.75 Å². The lowest BCUT2D eigenvalue weighted by Crippen LogP contribution is -2.04. The van der Waals surface area contributed by atoms with E-state index in [-0.39, 0.29) is 30.1 Å². The second kappa shape index (κ2) is 8.39. The summed E-state index contributed by atoms with van der Waals surface area (Å²) in [5.41, 5.74) is 0.763. The van der Waals surface area contributed by atoms with E-state index in [1.165, 1.54) is 30.3 Å². The van der Waals surface area contributed by atoms with Crippen LogP contribution in [0.15, 0.2) is 54.6 Å². The first-order valence-corrected chi connectivity index (χ1v) is 7.37. The average Bonchev–Trinajstić information content (AvgIpc) is 2.60. The normalized spacial score (nSPS) is 10.6. The number of rotatable bonds is 8. The number of carboxylic acids is 1. The molecule has 0 aliphatic heterocycles. The van der Waals surface area contributed by atoms with Crippen LogP contribution in [0.4, 0.5) is 5.69 Å². The molecule has 2 rings (SSSR count). The van der Waals surface area contributed by atoms with E-state index in [1.807, 2.05) is 0 Å². The van der Waals surface area contributed by atoms with Crippen LogP contribution in [0.3, 0.4) is 0 Å². The van der Waals surface area contributed by atoms with E-state index in [2.05, 4.69) is 0 Å². The summed E-state index contributed by atoms with van der Waals surface area (Å²) < 4.78 is 5.32. The molecule has 128 valence electrons. The van der Waals surface area contributed by atoms with Crippen LogP contribution in [0.25, 0.3) is 6.08 Å². The van der Waals surface area contributed by atoms with Crippen LogP contribution in [0.1, 0.15) is 22.3 Å². The van der Waals surface area contributed by atoms with E-state index in [0.717, 1.165) is 0 Å². The number of nitrogens with zero attached hydrogens (tertiary/aromatic N) is 1. The number of benzene rings is 2. The Balaban J connectivity index is 2.05. The third-order valence-corrected chi connectivity index (χ3v) is 3.21. The lowest BCUT2D eigenvalue weighted by molar-refractivity contribution is -0.384. The first-order chi connectivity index (χ1) is 12.0. The summed E-state index contributed by atoms with van der Waals surface area (Å²) in [6.45, 7) is 0.0507. The highest BCUT2D eigenvalue weighted by molar-refractivity contribution is 6.07. The highest BCUT2D eigenvalue weighted by atomic mass is 16.6. The van der Waals surface area contributed by atoms with Crippen LogP contribution in [0, 0.1) is 10.1 Å². The molecule has 7 nitrogen and oxygen atoms in total. The number of hydrogen-bond acceptors (Lipinski definition) is 5. The fraction of sp³-hybridized carbons (Fsp3) is 0.111. The van der Waals surface area contributed by atoms with E-state index in [0.29, 0.717) is 11.3 Å². The number of carboxylic acid groups (broad SMARTS) is 1. The second-order valence-corrected chi connectivity index (χ2v) is 5.07. The van der Waals surface area contributed by atoms with E-state index in [1.54, 1.807) is 30.3 Å². The average molecular weight is 341 g/mol. The molecule has 7 heteroatoms. The van der Waals surface area contributed by atoms with Crippen molar-refractivity contribution in [1.82, 2.24) is 0 Å². The molecule has 0 aliphatic rings. The Morgan fingerprint density at radius 2 is 1.92 bits per heavy atom. The topological polar surface area (TPSA) is 107 Å². The molecule has 0 amide bonds. The summed E-state index contributed by atoms with van der Waals surface area (Å²) >= 11 is 0. The van der Waals surface area contributed by atoms with Crippen molar-refractivity contribution < 1.29 is 24.4 Å². The molecular weight excluding hydrogens is 326 g/mol. The summed E-state index contributed by atoms with van der Waals surface area (Å²) in [5, 5.41) is 19.3. The van der Waals surface area contributed by atoms with Crippen LogP contribution >= 0.6 is 0 Å². The standard InChI is InChI=1S/C18H15NO6/c20-17(14-4-2-5-15(12-14)19(23)24)8-7-13-3-1-6-16(11-13)25-10-9-18(21)22/h1-8,11-12H,9-10H2,(H,21,22)/b8-7+. The first-order valence-electron chi connectivity index (χ1n) is 7.37. The number of hydrogen-bond donors (Lipinski definition) is 1. The Bertz CT molecular complexity index is 828. The van der Waals surface area contributed by atoms with E-state index in [9.17, 15) is 19.7 Å². The number of carbonyl (C=O) groups is 2. The quantitative estimate of drug-likeness (QED) is 0.341. The SMILES string of the molecule is O=C(O)CCOc1cccc(/C=C/C(=O)c2cccc([N+](=O)[O-])c2)c1. The number of ketones is 1. The minimum Gasteiger partial charge on any atom is -0.493 e. The van der Waals surface area contributed by atoms with Gasteiger partial charge in [0.1, 0.15) is 5.75 Å². The van der Waals surface area contributed by atoms with Gasteiger partial charge in [-0.25, -0.2) is 0 Å². The molecule has 0 aliphatic carbocycles. The lowest BCUT2D eigenvalue weighted by atomic mass is 10.1. The number of nitro groups is 1. The van der Waals surface area contributed by atoms with Gasteiger partial charge < -0.3 is 9.84 Å². The van der Waals surface area contributed by atoms with Gasteiger partial charge in [0.05, 0.1) is 18.0 Å². The highest BCUT2D eigenvalue weighted by Gasteiger charge is 2.09. The third kappa shape index (κ3) is 5.58. The number of aliphatic carboxylic acids is 1. The fourth-order valence-corrected chi connectivity index (χ4v) is 2.01. The summed E-state index contributed by atoms with van der Waals surface area (Å²) in [6.07, 6.45) is 2.77. The molecule has 0 radical (unpaired) electrons. The van der Waals surface area contributed by atoms with Gasteiger partial charge in [0.25, 0.3) is 5.69 Å². The minimum absolute atomic E-state index is 0.0507. The summed E-state index contributed by atoms with van der Waals surface area (Å²) in [4.78, 5) is 32.8. The van der Waals surface area contributed by atoms with Crippen LogP contribution < -0.4 is 4.74 Å². The number of ether oxygens (including phenoxy) is 1. The maximum Gasteiger partial charge on any atom is 0.306 e. The van der Waals surface area contributed by atoms with E-state index < -0.39 is 10.9 Å². The van der Waals surface area contributed by atoms with Gasteiger partial charge in [-0.1, -0.05) is 30.3 Å². The van der Waals surface area contributed by atoms with Crippen LogP contribution in [0.2, 0.25) is 0 Å². The summed E-state index contributed by atoms with van der Waals surface area (Å²) in [5.74, 6) is -0.814. The van der Waals surface area contributed by atoms with Gasteiger partial charge >= 0.3 is 5.97 Å². The van der Waals surface area contributed by atoms with Crippen molar-refractivity contribution in [2.45, 2.75) is 6.42 Å². The number of nitro benzene ring substituents is 1. The first kappa shape index (κ1) is 17.9. The van der Waals surface area contributed by atoms with Crippen molar-refractivity contribution in [1.29, 1.82) is 0 Å². The fourth-order valence-electron chi connectivity index (χ4n) is 2.01. The molecule has 0 atom stereocenters. The van der Waals surface area contributed by atoms with Gasteiger partial charge in [0.2, 0.25) is 0 Å². The number of non-ortho nitro benzene ring substituents is 1. The van der Waals surface area contributed by atoms with Crippen LogP contribution in [0.5, 0.6) is 5.75 Å². The predicted octanol–water partition coefficient (Wildman–Crippen LogP) is 3.34. The van der Waals surface area contributed by atoms with Gasteiger partial charge in [0.15, 0.2) is 5.78 Å². The molecule has 0 bridgehead atoms. The molecule has 0 heterocycles. The Labute approximate surface area is 143 Å². The Morgan fingerprint density at radius 1 is 1.16 bits per heavy atom. The zero-order chi connectivity index (χ0) is 18.2. The molecule has 0 fully saturated rings. The predicted molar refractivity (Wildman–Crippen MR) is 90.7 cm³/mol. The summed E-state index contributed by atoms with van der Waals surface area (Å²) in [7, 11) is 0. The summed E-state index contributed by atoms with van der Waals surface area (Å²) in [6, 6.07) is 12.3. The third-order valence-electron chi connectivity index (χ3n) is 3.21. The lowest BCUT2D eigenvalue weighted by Gasteiger charge is -2.05. The zero-order valence-electron chi connectivity index (χ0n) is 13.1. The van der Waals surface area contributed by atoms with E-state index in [4.69, 9.17) is 9.84 Å². The highest BCUT2D eigenvalue weighted by Crippen LogP contribution is 2.17. The molecule has 25 heavy (non-hydrogen) atoms. The van der Waals surface area contributed by atoms with Crippen molar-refractivity contribution in [3.63, 3.8) is 0 Å². The van der Waals surface area contributed by atoms with Crippen LogP contribution in [-0.2, 0) is 4.79 Å². The molecular formula is C18H15NO6. The van der Waals surface area contributed by atoms with E-state index >= 15 is 0 Å². The zero-order valence-corrected chi connectivity index (χ0v) is 13.1. The maximum absolute atomic E-state index is 12.1. The van der Waals surface area contributed by atoms with Crippen molar-refractivity contribution in [3.05, 3.63) is 75.8 Å². The Morgan fingerprint density at radius 3 is 2.64 bits per heavy atom. The van der Waals surface area contributed by atoms with Crippen molar-refractivity contribution in [2.75, 3.05) is 6.61 Å². The number of allylic oxidation sites excluding steroid dienone is 1. The van der Waals surface area contributed by atoms with Gasteiger partial charge in [-0.05, 0) is 23.8 Å². The minimum atomic E-state index is -0.946. The van der Waals surface area contributed by atoms with Crippen LogP contribution in [-0.4, -0.2) is 28.4 Å². The van der Waals surface area contributed by atoms with Gasteiger partial charge in [0, 0.05) is 17.7 Å². The maximum atomic E-state index is 12.1. The van der Waals surface area contributed by atoms with Gasteiger partial charge in [-0.3, -0.25) is 19.7 Å². The monoisotopic (exact) mass is 341 g/mol. The second-order valence-electron chi connectivity index (χ2n) is 5.07.